The lowest BCUT2D eigenvalue weighted by Gasteiger charge is -2.30. The van der Waals surface area contributed by atoms with Gasteiger partial charge in [0.1, 0.15) is 0 Å². The average molecular weight is 224 g/mol. The Morgan fingerprint density at radius 2 is 1.81 bits per heavy atom. The molecule has 0 aromatic heterocycles. The van der Waals surface area contributed by atoms with Crippen LogP contribution in [0.25, 0.3) is 0 Å². The summed E-state index contributed by atoms with van der Waals surface area (Å²) >= 11 is 0. The molecular weight excluding hydrogens is 196 g/mol. The van der Waals surface area contributed by atoms with Crippen molar-refractivity contribution in [2.24, 2.45) is 5.92 Å². The van der Waals surface area contributed by atoms with E-state index >= 15 is 0 Å². The fourth-order valence-corrected chi connectivity index (χ4v) is 3.35. The third-order valence-electron chi connectivity index (χ3n) is 4.38. The van der Waals surface area contributed by atoms with Crippen molar-refractivity contribution in [3.05, 3.63) is 0 Å². The van der Waals surface area contributed by atoms with Gasteiger partial charge in [-0.3, -0.25) is 0 Å². The molecule has 0 aliphatic carbocycles. The van der Waals surface area contributed by atoms with E-state index in [9.17, 15) is 0 Å². The molecule has 2 heterocycles. The van der Waals surface area contributed by atoms with E-state index in [2.05, 4.69) is 24.2 Å². The molecule has 94 valence electrons. The predicted octanol–water partition coefficient (Wildman–Crippen LogP) is 2.64. The fourth-order valence-electron chi connectivity index (χ4n) is 3.35. The molecule has 2 unspecified atom stereocenters. The van der Waals surface area contributed by atoms with Gasteiger partial charge >= 0.3 is 0 Å². The summed E-state index contributed by atoms with van der Waals surface area (Å²) in [5, 5.41) is 3.73. The van der Waals surface area contributed by atoms with Gasteiger partial charge in [-0.25, -0.2) is 0 Å². The zero-order valence-corrected chi connectivity index (χ0v) is 11.0. The Balaban J connectivity index is 1.62. The van der Waals surface area contributed by atoms with Crippen LogP contribution >= 0.6 is 0 Å². The summed E-state index contributed by atoms with van der Waals surface area (Å²) in [6.45, 7) is 4.87. The second-order valence-electron chi connectivity index (χ2n) is 5.92. The Morgan fingerprint density at radius 3 is 2.44 bits per heavy atom. The Labute approximate surface area is 101 Å². The van der Waals surface area contributed by atoms with E-state index in [4.69, 9.17) is 0 Å². The molecule has 0 radical (unpaired) electrons. The third-order valence-corrected chi connectivity index (χ3v) is 4.38. The van der Waals surface area contributed by atoms with E-state index in [-0.39, 0.29) is 0 Å². The molecule has 2 aliphatic heterocycles. The monoisotopic (exact) mass is 224 g/mol. The van der Waals surface area contributed by atoms with Crippen molar-refractivity contribution < 1.29 is 0 Å². The highest BCUT2D eigenvalue weighted by Gasteiger charge is 2.32. The first kappa shape index (κ1) is 12.4. The van der Waals surface area contributed by atoms with E-state index < -0.39 is 0 Å². The van der Waals surface area contributed by atoms with Crippen LogP contribution in [0.1, 0.15) is 51.9 Å². The summed E-state index contributed by atoms with van der Waals surface area (Å²) in [5.41, 5.74) is 0. The third kappa shape index (κ3) is 3.46. The van der Waals surface area contributed by atoms with Crippen LogP contribution in [0.15, 0.2) is 0 Å². The largest absolute Gasteiger partial charge is 0.311 e. The number of piperidine rings is 1. The first-order valence-electron chi connectivity index (χ1n) is 7.22. The van der Waals surface area contributed by atoms with E-state index in [1.54, 1.807) is 0 Å². The second-order valence-corrected chi connectivity index (χ2v) is 5.92. The SMILES string of the molecule is CCCCN(C)CCC1CC2CCC(C1)N2. The Bertz CT molecular complexity index is 193. The summed E-state index contributed by atoms with van der Waals surface area (Å²) < 4.78 is 0. The van der Waals surface area contributed by atoms with Crippen LogP contribution in [0.3, 0.4) is 0 Å². The van der Waals surface area contributed by atoms with E-state index in [0.717, 1.165) is 18.0 Å². The number of fused-ring (bicyclic) bond motifs is 2. The van der Waals surface area contributed by atoms with Crippen molar-refractivity contribution in [3.8, 4) is 0 Å². The van der Waals surface area contributed by atoms with Crippen molar-refractivity contribution in [2.75, 3.05) is 20.1 Å². The van der Waals surface area contributed by atoms with Crippen molar-refractivity contribution in [1.29, 1.82) is 0 Å². The lowest BCUT2D eigenvalue weighted by Crippen LogP contribution is -2.39. The normalized spacial score (nSPS) is 33.6. The number of rotatable bonds is 6. The standard InChI is InChI=1S/C14H28N2/c1-3-4-8-16(2)9-7-12-10-13-5-6-14(11-12)15-13/h12-15H,3-11H2,1-2H3. The van der Waals surface area contributed by atoms with E-state index in [1.807, 2.05) is 0 Å². The molecule has 2 bridgehead atoms. The smallest absolute Gasteiger partial charge is 0.00728 e. The molecule has 0 saturated carbocycles. The summed E-state index contributed by atoms with van der Waals surface area (Å²) in [4.78, 5) is 2.52. The van der Waals surface area contributed by atoms with Crippen LogP contribution in [0, 0.1) is 5.92 Å². The maximum atomic E-state index is 3.73. The number of unbranched alkanes of at least 4 members (excludes halogenated alkanes) is 1. The Hall–Kier alpha value is -0.0800. The maximum Gasteiger partial charge on any atom is 0.00728 e. The van der Waals surface area contributed by atoms with Gasteiger partial charge in [-0.05, 0) is 64.6 Å². The van der Waals surface area contributed by atoms with Crippen molar-refractivity contribution in [2.45, 2.75) is 64.0 Å². The van der Waals surface area contributed by atoms with Gasteiger partial charge in [0.25, 0.3) is 0 Å². The molecule has 2 nitrogen and oxygen atoms in total. The maximum absolute atomic E-state index is 3.73. The lowest BCUT2D eigenvalue weighted by atomic mass is 9.89. The summed E-state index contributed by atoms with van der Waals surface area (Å²) in [7, 11) is 2.28. The topological polar surface area (TPSA) is 15.3 Å². The van der Waals surface area contributed by atoms with Crippen LogP contribution in [-0.2, 0) is 0 Å². The zero-order chi connectivity index (χ0) is 11.4. The average Bonchev–Trinajstić information content (AvgIpc) is 2.63. The van der Waals surface area contributed by atoms with Gasteiger partial charge in [-0.1, -0.05) is 13.3 Å². The number of hydrogen-bond acceptors (Lipinski definition) is 2. The van der Waals surface area contributed by atoms with E-state index in [1.165, 1.54) is 58.0 Å². The van der Waals surface area contributed by atoms with Crippen LogP contribution in [0.4, 0.5) is 0 Å². The number of nitrogens with zero attached hydrogens (tertiary/aromatic N) is 1. The van der Waals surface area contributed by atoms with Gasteiger partial charge in [-0.2, -0.15) is 0 Å². The fraction of sp³-hybridized carbons (Fsp3) is 1.00. The molecule has 1 N–H and O–H groups in total. The number of nitrogens with one attached hydrogen (secondary N) is 1. The molecule has 16 heavy (non-hydrogen) atoms. The van der Waals surface area contributed by atoms with Crippen molar-refractivity contribution >= 4 is 0 Å². The first-order chi connectivity index (χ1) is 7.78. The molecule has 2 heteroatoms. The minimum absolute atomic E-state index is 0.865. The van der Waals surface area contributed by atoms with Crippen molar-refractivity contribution in [3.63, 3.8) is 0 Å². The minimum Gasteiger partial charge on any atom is -0.311 e. The molecule has 0 amide bonds. The van der Waals surface area contributed by atoms with Crippen LogP contribution < -0.4 is 5.32 Å². The van der Waals surface area contributed by atoms with Crippen LogP contribution in [0.5, 0.6) is 0 Å². The molecule has 2 fully saturated rings. The summed E-state index contributed by atoms with van der Waals surface area (Å²) in [6.07, 6.45) is 9.86. The Kier molecular flexibility index (Phi) is 4.66. The predicted molar refractivity (Wildman–Crippen MR) is 69.7 cm³/mol. The van der Waals surface area contributed by atoms with E-state index in [0.29, 0.717) is 0 Å². The van der Waals surface area contributed by atoms with Gasteiger partial charge in [0.15, 0.2) is 0 Å². The first-order valence-corrected chi connectivity index (χ1v) is 7.22. The highest BCUT2D eigenvalue weighted by atomic mass is 15.1. The second kappa shape index (κ2) is 6.02. The van der Waals surface area contributed by atoms with Gasteiger partial charge < -0.3 is 10.2 Å². The molecule has 0 spiro atoms. The molecule has 2 saturated heterocycles. The van der Waals surface area contributed by atoms with Crippen molar-refractivity contribution in [1.82, 2.24) is 10.2 Å². The van der Waals surface area contributed by atoms with Crippen LogP contribution in [-0.4, -0.2) is 37.1 Å². The highest BCUT2D eigenvalue weighted by Crippen LogP contribution is 2.32. The van der Waals surface area contributed by atoms with Crippen LogP contribution in [0.2, 0.25) is 0 Å². The molecule has 0 aromatic carbocycles. The Morgan fingerprint density at radius 1 is 1.12 bits per heavy atom. The van der Waals surface area contributed by atoms with Gasteiger partial charge in [0.2, 0.25) is 0 Å². The molecule has 2 atom stereocenters. The quantitative estimate of drug-likeness (QED) is 0.746. The number of hydrogen-bond donors (Lipinski definition) is 1. The van der Waals surface area contributed by atoms with Gasteiger partial charge in [0, 0.05) is 12.1 Å². The van der Waals surface area contributed by atoms with Gasteiger partial charge in [0.05, 0.1) is 0 Å². The minimum atomic E-state index is 0.865. The lowest BCUT2D eigenvalue weighted by molar-refractivity contribution is 0.240. The molecule has 2 aliphatic rings. The summed E-state index contributed by atoms with van der Waals surface area (Å²) in [6, 6.07) is 1.73. The highest BCUT2D eigenvalue weighted by molar-refractivity contribution is 4.91. The molecule has 0 aromatic rings. The van der Waals surface area contributed by atoms with Gasteiger partial charge in [-0.15, -0.1) is 0 Å². The zero-order valence-electron chi connectivity index (χ0n) is 11.0. The summed E-state index contributed by atoms with van der Waals surface area (Å²) in [5.74, 6) is 1.00. The molecular formula is C14H28N2. The molecule has 2 rings (SSSR count).